The number of ether oxygens (including phenoxy) is 1. The molecular formula is C19H24N2O4. The molecule has 0 spiro atoms. The number of aromatic nitrogens is 1. The van der Waals surface area contributed by atoms with Crippen LogP contribution >= 0.6 is 0 Å². The number of methoxy groups -OCH3 is 1. The summed E-state index contributed by atoms with van der Waals surface area (Å²) in [6.07, 6.45) is 5.03. The molecule has 0 aliphatic rings. The topological polar surface area (TPSA) is 94.5 Å². The first kappa shape index (κ1) is 20.2. The maximum absolute atomic E-state index is 11.8. The zero-order valence-electron chi connectivity index (χ0n) is 14.7. The Morgan fingerprint density at radius 1 is 1.24 bits per heavy atom. The third-order valence-electron chi connectivity index (χ3n) is 3.29. The van der Waals surface area contributed by atoms with E-state index in [1.807, 2.05) is 44.2 Å². The van der Waals surface area contributed by atoms with Gasteiger partial charge in [-0.25, -0.2) is 4.79 Å². The van der Waals surface area contributed by atoms with E-state index in [0.717, 1.165) is 17.9 Å². The number of carbonyl (C=O) groups is 1. The van der Waals surface area contributed by atoms with Gasteiger partial charge in [-0.2, -0.15) is 0 Å². The molecule has 0 saturated heterocycles. The number of carboxylic acids is 1. The minimum Gasteiger partial charge on any atom is -0.497 e. The van der Waals surface area contributed by atoms with Crippen LogP contribution in [-0.2, 0) is 6.54 Å². The highest BCUT2D eigenvalue weighted by molar-refractivity contribution is 5.87. The van der Waals surface area contributed by atoms with Crippen LogP contribution in [0, 0.1) is 0 Å². The lowest BCUT2D eigenvalue weighted by Crippen LogP contribution is -2.18. The molecule has 0 atom stereocenters. The lowest BCUT2D eigenvalue weighted by molar-refractivity contribution is 0.0694. The van der Waals surface area contributed by atoms with E-state index in [9.17, 15) is 9.59 Å². The minimum atomic E-state index is -1.21. The predicted molar refractivity (Wildman–Crippen MR) is 100.0 cm³/mol. The average Bonchev–Trinajstić information content (AvgIpc) is 2.60. The molecule has 2 aromatic rings. The summed E-state index contributed by atoms with van der Waals surface area (Å²) in [4.78, 5) is 22.8. The largest absolute Gasteiger partial charge is 0.497 e. The Balaban J connectivity index is 0.000000970. The Bertz CT molecular complexity index is 777. The van der Waals surface area contributed by atoms with Gasteiger partial charge < -0.3 is 20.1 Å². The number of rotatable bonds is 5. The molecule has 0 bridgehead atoms. The number of benzene rings is 1. The van der Waals surface area contributed by atoms with E-state index >= 15 is 0 Å². The minimum absolute atomic E-state index is 0.219. The second kappa shape index (κ2) is 10.1. The van der Waals surface area contributed by atoms with Gasteiger partial charge in [0.05, 0.1) is 7.11 Å². The third kappa shape index (κ3) is 5.93. The molecule has 0 unspecified atom stereocenters. The fourth-order valence-corrected chi connectivity index (χ4v) is 2.06. The molecule has 6 nitrogen and oxygen atoms in total. The first-order chi connectivity index (χ1) is 12.0. The quantitative estimate of drug-likeness (QED) is 0.869. The fraction of sp³-hybridized carbons (Fsp3) is 0.263. The molecule has 0 aliphatic carbocycles. The van der Waals surface area contributed by atoms with E-state index in [4.69, 9.17) is 15.6 Å². The molecule has 0 saturated carbocycles. The summed E-state index contributed by atoms with van der Waals surface area (Å²) < 4.78 is 6.82. The lowest BCUT2D eigenvalue weighted by atomic mass is 10.1. The van der Waals surface area contributed by atoms with E-state index in [0.29, 0.717) is 12.2 Å². The highest BCUT2D eigenvalue weighted by Gasteiger charge is 2.10. The molecule has 2 rings (SSSR count). The second-order valence-electron chi connectivity index (χ2n) is 5.08. The molecule has 0 aliphatic heterocycles. The molecule has 1 heterocycles. The van der Waals surface area contributed by atoms with E-state index in [-0.39, 0.29) is 5.56 Å². The van der Waals surface area contributed by atoms with Gasteiger partial charge in [0, 0.05) is 24.5 Å². The Morgan fingerprint density at radius 2 is 1.84 bits per heavy atom. The third-order valence-corrected chi connectivity index (χ3v) is 3.29. The Kier molecular flexibility index (Phi) is 8.15. The monoisotopic (exact) mass is 344 g/mol. The van der Waals surface area contributed by atoms with Crippen LogP contribution in [0.15, 0.2) is 41.3 Å². The van der Waals surface area contributed by atoms with Gasteiger partial charge in [-0.15, -0.1) is 0 Å². The number of aromatic carboxylic acids is 1. The van der Waals surface area contributed by atoms with Crippen LogP contribution in [0.4, 0.5) is 0 Å². The molecule has 25 heavy (non-hydrogen) atoms. The Hall–Kier alpha value is -2.86. The summed E-state index contributed by atoms with van der Waals surface area (Å²) in [6.45, 7) is 5.11. The van der Waals surface area contributed by atoms with Gasteiger partial charge in [0.25, 0.3) is 0 Å². The van der Waals surface area contributed by atoms with E-state index in [1.54, 1.807) is 17.8 Å². The zero-order valence-corrected chi connectivity index (χ0v) is 14.7. The van der Waals surface area contributed by atoms with Crippen molar-refractivity contribution in [3.8, 4) is 5.75 Å². The zero-order chi connectivity index (χ0) is 18.8. The van der Waals surface area contributed by atoms with Gasteiger partial charge >= 0.3 is 5.97 Å². The van der Waals surface area contributed by atoms with Crippen LogP contribution in [-0.4, -0.2) is 29.3 Å². The summed E-state index contributed by atoms with van der Waals surface area (Å²) in [5.74, 6) is -0.439. The fourth-order valence-electron chi connectivity index (χ4n) is 2.06. The summed E-state index contributed by atoms with van der Waals surface area (Å²) >= 11 is 0. The van der Waals surface area contributed by atoms with Crippen molar-refractivity contribution in [2.45, 2.75) is 20.4 Å². The standard InChI is InChI=1S/C17H17NO4.C2H7N/c1-3-18-11-15(17(20)21)16(19)10-13(18)7-4-12-5-8-14(22-2)9-6-12;1-2-3/h4-11H,3H2,1-2H3,(H,20,21);2-3H2,1H3. The van der Waals surface area contributed by atoms with Crippen LogP contribution in [0.2, 0.25) is 0 Å². The van der Waals surface area contributed by atoms with Gasteiger partial charge in [0.2, 0.25) is 0 Å². The number of pyridine rings is 1. The van der Waals surface area contributed by atoms with Gasteiger partial charge in [0.15, 0.2) is 5.43 Å². The van der Waals surface area contributed by atoms with Gasteiger partial charge in [-0.3, -0.25) is 4.79 Å². The Labute approximate surface area is 147 Å². The van der Waals surface area contributed by atoms with E-state index < -0.39 is 11.4 Å². The number of carboxylic acid groups (broad SMARTS) is 1. The highest BCUT2D eigenvalue weighted by Crippen LogP contribution is 2.14. The van der Waals surface area contributed by atoms with Crippen molar-refractivity contribution in [2.24, 2.45) is 5.73 Å². The van der Waals surface area contributed by atoms with Crippen LogP contribution in [0.25, 0.3) is 12.2 Å². The SMILES string of the molecule is CCN.CCn1cc(C(=O)O)c(=O)cc1C=Cc1ccc(OC)cc1. The summed E-state index contributed by atoms with van der Waals surface area (Å²) in [5, 5.41) is 8.99. The first-order valence-corrected chi connectivity index (χ1v) is 7.96. The van der Waals surface area contributed by atoms with Crippen molar-refractivity contribution in [1.29, 1.82) is 0 Å². The Morgan fingerprint density at radius 3 is 2.32 bits per heavy atom. The summed E-state index contributed by atoms with van der Waals surface area (Å²) in [6, 6.07) is 8.83. The van der Waals surface area contributed by atoms with Gasteiger partial charge in [-0.1, -0.05) is 25.1 Å². The average molecular weight is 344 g/mol. The molecule has 6 heteroatoms. The second-order valence-corrected chi connectivity index (χ2v) is 5.08. The summed E-state index contributed by atoms with van der Waals surface area (Å²) in [5.41, 5.74) is 5.75. The summed E-state index contributed by atoms with van der Waals surface area (Å²) in [7, 11) is 1.61. The normalized spacial score (nSPS) is 10.2. The first-order valence-electron chi connectivity index (χ1n) is 7.96. The van der Waals surface area contributed by atoms with Crippen molar-refractivity contribution in [3.05, 3.63) is 63.6 Å². The number of aryl methyl sites for hydroxylation is 1. The van der Waals surface area contributed by atoms with Crippen LogP contribution in [0.1, 0.15) is 35.5 Å². The highest BCUT2D eigenvalue weighted by atomic mass is 16.5. The number of hydrogen-bond acceptors (Lipinski definition) is 4. The van der Waals surface area contributed by atoms with E-state index in [1.165, 1.54) is 12.3 Å². The molecule has 0 radical (unpaired) electrons. The smallest absolute Gasteiger partial charge is 0.341 e. The maximum atomic E-state index is 11.8. The van der Waals surface area contributed by atoms with Crippen molar-refractivity contribution >= 4 is 18.1 Å². The van der Waals surface area contributed by atoms with Crippen LogP contribution in [0.3, 0.4) is 0 Å². The molecule has 1 aromatic carbocycles. The van der Waals surface area contributed by atoms with Crippen LogP contribution in [0.5, 0.6) is 5.75 Å². The molecule has 3 N–H and O–H groups in total. The number of nitrogens with zero attached hydrogens (tertiary/aromatic N) is 1. The van der Waals surface area contributed by atoms with Crippen molar-refractivity contribution in [2.75, 3.05) is 13.7 Å². The molecule has 134 valence electrons. The van der Waals surface area contributed by atoms with E-state index in [2.05, 4.69) is 0 Å². The maximum Gasteiger partial charge on any atom is 0.341 e. The molecule has 1 aromatic heterocycles. The van der Waals surface area contributed by atoms with Crippen LogP contribution < -0.4 is 15.9 Å². The number of hydrogen-bond donors (Lipinski definition) is 2. The van der Waals surface area contributed by atoms with Gasteiger partial charge in [-0.05, 0) is 37.2 Å². The molecular weight excluding hydrogens is 320 g/mol. The van der Waals surface area contributed by atoms with Crippen molar-refractivity contribution in [3.63, 3.8) is 0 Å². The van der Waals surface area contributed by atoms with Gasteiger partial charge in [0.1, 0.15) is 11.3 Å². The van der Waals surface area contributed by atoms with Crippen molar-refractivity contribution in [1.82, 2.24) is 4.57 Å². The predicted octanol–water partition coefficient (Wildman–Crippen LogP) is 2.71. The lowest BCUT2D eigenvalue weighted by Gasteiger charge is -2.09. The van der Waals surface area contributed by atoms with Crippen molar-refractivity contribution < 1.29 is 14.6 Å². The molecule has 0 fully saturated rings. The molecule has 0 amide bonds. The number of nitrogens with two attached hydrogens (primary N) is 1.